The molecule has 0 aliphatic heterocycles. The summed E-state index contributed by atoms with van der Waals surface area (Å²) in [5.74, 6) is -0.460. The van der Waals surface area contributed by atoms with Crippen molar-refractivity contribution < 1.29 is 9.18 Å². The summed E-state index contributed by atoms with van der Waals surface area (Å²) in [6.45, 7) is -0.210. The molecule has 1 fully saturated rings. The van der Waals surface area contributed by atoms with Crippen molar-refractivity contribution in [3.63, 3.8) is 0 Å². The second-order valence-corrected chi connectivity index (χ2v) is 7.33. The molecule has 2 aromatic carbocycles. The van der Waals surface area contributed by atoms with Crippen LogP contribution in [0, 0.1) is 5.82 Å². The first kappa shape index (κ1) is 18.2. The van der Waals surface area contributed by atoms with Crippen LogP contribution < -0.4 is 10.9 Å². The molecule has 30 heavy (non-hydrogen) atoms. The highest BCUT2D eigenvalue weighted by atomic mass is 19.1. The van der Waals surface area contributed by atoms with E-state index in [1.165, 1.54) is 21.5 Å². The maximum absolute atomic E-state index is 13.3. The average molecular weight is 403 g/mol. The lowest BCUT2D eigenvalue weighted by Gasteiger charge is -2.10. The van der Waals surface area contributed by atoms with Crippen molar-refractivity contribution in [1.29, 1.82) is 0 Å². The van der Waals surface area contributed by atoms with Crippen LogP contribution in [0.25, 0.3) is 16.6 Å². The van der Waals surface area contributed by atoms with Crippen molar-refractivity contribution in [3.8, 4) is 5.69 Å². The Balaban J connectivity index is 1.57. The fourth-order valence-electron chi connectivity index (χ4n) is 3.49. The van der Waals surface area contributed by atoms with E-state index in [4.69, 9.17) is 0 Å². The van der Waals surface area contributed by atoms with Crippen molar-refractivity contribution in [2.75, 3.05) is 5.32 Å². The van der Waals surface area contributed by atoms with Crippen molar-refractivity contribution in [1.82, 2.24) is 19.6 Å². The van der Waals surface area contributed by atoms with Gasteiger partial charge in [0.25, 0.3) is 5.56 Å². The van der Waals surface area contributed by atoms with Gasteiger partial charge in [-0.25, -0.2) is 13.8 Å². The van der Waals surface area contributed by atoms with E-state index in [9.17, 15) is 14.0 Å². The summed E-state index contributed by atoms with van der Waals surface area (Å²) in [4.78, 5) is 25.7. The molecule has 0 bridgehead atoms. The Morgan fingerprint density at radius 3 is 2.53 bits per heavy atom. The fraction of sp³-hybridized carbons (Fsp3) is 0.182. The molecule has 2 aromatic heterocycles. The van der Waals surface area contributed by atoms with Gasteiger partial charge in [-0.3, -0.25) is 9.59 Å². The van der Waals surface area contributed by atoms with Crippen LogP contribution in [-0.4, -0.2) is 25.5 Å². The predicted octanol–water partition coefficient (Wildman–Crippen LogP) is 3.24. The summed E-state index contributed by atoms with van der Waals surface area (Å²) in [5, 5.41) is 12.3. The molecule has 1 amide bonds. The molecule has 1 aliphatic carbocycles. The Bertz CT molecular complexity index is 1290. The molecule has 150 valence electrons. The van der Waals surface area contributed by atoms with Crippen LogP contribution in [-0.2, 0) is 11.3 Å². The number of halogens is 1. The minimum Gasteiger partial charge on any atom is -0.324 e. The maximum Gasteiger partial charge on any atom is 0.293 e. The third-order valence-electron chi connectivity index (χ3n) is 5.10. The van der Waals surface area contributed by atoms with Crippen molar-refractivity contribution in [3.05, 3.63) is 82.7 Å². The number of amides is 1. The highest BCUT2D eigenvalue weighted by molar-refractivity contribution is 5.90. The molecule has 0 spiro atoms. The summed E-state index contributed by atoms with van der Waals surface area (Å²) in [7, 11) is 0. The zero-order chi connectivity index (χ0) is 20.7. The minimum absolute atomic E-state index is 0.210. The summed E-state index contributed by atoms with van der Waals surface area (Å²) in [5.41, 5.74) is 1.91. The highest BCUT2D eigenvalue weighted by Gasteiger charge is 2.30. The lowest BCUT2D eigenvalue weighted by atomic mass is 10.2. The molecular formula is C22H18FN5O2. The summed E-state index contributed by atoms with van der Waals surface area (Å²) in [6.07, 6.45) is 3.59. The number of para-hydroxylation sites is 1. The second-order valence-electron chi connectivity index (χ2n) is 7.33. The van der Waals surface area contributed by atoms with Crippen LogP contribution in [0.3, 0.4) is 0 Å². The van der Waals surface area contributed by atoms with Crippen LogP contribution in [0.2, 0.25) is 0 Å². The SMILES string of the molecule is O=C(Cn1nc(C2CC2)c2cnn(-c3ccc(F)cc3)c2c1=O)Nc1ccccc1. The topological polar surface area (TPSA) is 81.8 Å². The van der Waals surface area contributed by atoms with Gasteiger partial charge in [-0.05, 0) is 49.2 Å². The van der Waals surface area contributed by atoms with Gasteiger partial charge in [0.15, 0.2) is 0 Å². The molecule has 0 radical (unpaired) electrons. The zero-order valence-corrected chi connectivity index (χ0v) is 16.0. The van der Waals surface area contributed by atoms with Gasteiger partial charge in [-0.15, -0.1) is 0 Å². The van der Waals surface area contributed by atoms with Gasteiger partial charge in [-0.2, -0.15) is 10.2 Å². The quantitative estimate of drug-likeness (QED) is 0.555. The lowest BCUT2D eigenvalue weighted by Crippen LogP contribution is -2.31. The lowest BCUT2D eigenvalue weighted by molar-refractivity contribution is -0.117. The third-order valence-corrected chi connectivity index (χ3v) is 5.10. The average Bonchev–Trinajstić information content (AvgIpc) is 3.49. The molecule has 4 aromatic rings. The maximum atomic E-state index is 13.3. The van der Waals surface area contributed by atoms with Gasteiger partial charge in [0.2, 0.25) is 5.91 Å². The number of anilines is 1. The number of rotatable bonds is 5. The van der Waals surface area contributed by atoms with Crippen LogP contribution in [0.4, 0.5) is 10.1 Å². The number of nitrogens with one attached hydrogen (secondary N) is 1. The van der Waals surface area contributed by atoms with E-state index in [1.54, 1.807) is 30.5 Å². The normalized spacial score (nSPS) is 13.5. The first-order valence-corrected chi connectivity index (χ1v) is 9.70. The van der Waals surface area contributed by atoms with Crippen LogP contribution in [0.15, 0.2) is 65.6 Å². The number of nitrogens with zero attached hydrogens (tertiary/aromatic N) is 4. The molecule has 0 atom stereocenters. The first-order chi connectivity index (χ1) is 14.6. The van der Waals surface area contributed by atoms with E-state index in [0.29, 0.717) is 22.3 Å². The number of aromatic nitrogens is 4. The number of hydrogen-bond acceptors (Lipinski definition) is 4. The van der Waals surface area contributed by atoms with Gasteiger partial charge in [0, 0.05) is 17.0 Å². The van der Waals surface area contributed by atoms with E-state index < -0.39 is 5.56 Å². The van der Waals surface area contributed by atoms with Gasteiger partial charge >= 0.3 is 0 Å². The summed E-state index contributed by atoms with van der Waals surface area (Å²) in [6, 6.07) is 14.8. The van der Waals surface area contributed by atoms with Crippen molar-refractivity contribution in [2.24, 2.45) is 0 Å². The molecule has 0 unspecified atom stereocenters. The largest absolute Gasteiger partial charge is 0.324 e. The summed E-state index contributed by atoms with van der Waals surface area (Å²) >= 11 is 0. The van der Waals surface area contributed by atoms with E-state index in [1.807, 2.05) is 18.2 Å². The van der Waals surface area contributed by atoms with Crippen molar-refractivity contribution >= 4 is 22.5 Å². The molecule has 7 nitrogen and oxygen atoms in total. The number of fused-ring (bicyclic) bond motifs is 1. The van der Waals surface area contributed by atoms with Crippen LogP contribution in [0.5, 0.6) is 0 Å². The molecule has 5 rings (SSSR count). The Labute approximate surface area is 170 Å². The Morgan fingerprint density at radius 1 is 1.10 bits per heavy atom. The minimum atomic E-state index is -0.417. The molecule has 1 N–H and O–H groups in total. The number of hydrogen-bond donors (Lipinski definition) is 1. The fourth-order valence-corrected chi connectivity index (χ4v) is 3.49. The third kappa shape index (κ3) is 3.36. The number of carbonyl (C=O) groups is 1. The summed E-state index contributed by atoms with van der Waals surface area (Å²) < 4.78 is 16.0. The predicted molar refractivity (Wildman–Crippen MR) is 110 cm³/mol. The first-order valence-electron chi connectivity index (χ1n) is 9.70. The molecule has 1 saturated carbocycles. The molecule has 0 saturated heterocycles. The standard InChI is InChI=1S/C22H18FN5O2/c23-15-8-10-17(11-9-15)28-21-18(12-24-28)20(14-6-7-14)26-27(22(21)30)13-19(29)25-16-4-2-1-3-5-16/h1-5,8-12,14H,6-7,13H2,(H,25,29). The smallest absolute Gasteiger partial charge is 0.293 e. The highest BCUT2D eigenvalue weighted by Crippen LogP contribution is 2.41. The van der Waals surface area contributed by atoms with Gasteiger partial charge < -0.3 is 5.32 Å². The monoisotopic (exact) mass is 403 g/mol. The van der Waals surface area contributed by atoms with E-state index in [0.717, 1.165) is 18.5 Å². The Hall–Kier alpha value is -3.81. The molecule has 2 heterocycles. The van der Waals surface area contributed by atoms with E-state index in [2.05, 4.69) is 15.5 Å². The molecular weight excluding hydrogens is 385 g/mol. The van der Waals surface area contributed by atoms with E-state index in [-0.39, 0.29) is 24.2 Å². The number of carbonyl (C=O) groups excluding carboxylic acids is 1. The van der Waals surface area contributed by atoms with Crippen LogP contribution in [0.1, 0.15) is 24.5 Å². The van der Waals surface area contributed by atoms with Crippen molar-refractivity contribution in [2.45, 2.75) is 25.3 Å². The zero-order valence-electron chi connectivity index (χ0n) is 16.0. The Kier molecular flexibility index (Phi) is 4.39. The Morgan fingerprint density at radius 2 is 1.83 bits per heavy atom. The number of benzene rings is 2. The van der Waals surface area contributed by atoms with Gasteiger partial charge in [0.05, 0.1) is 17.6 Å². The molecule has 1 aliphatic rings. The van der Waals surface area contributed by atoms with Crippen LogP contribution >= 0.6 is 0 Å². The van der Waals surface area contributed by atoms with Gasteiger partial charge in [-0.1, -0.05) is 18.2 Å². The van der Waals surface area contributed by atoms with E-state index >= 15 is 0 Å². The second kappa shape index (κ2) is 7.22. The van der Waals surface area contributed by atoms with Gasteiger partial charge in [0.1, 0.15) is 17.9 Å². The molecule has 8 heteroatoms.